The molecule has 460 valence electrons. The van der Waals surface area contributed by atoms with Gasteiger partial charge in [0.15, 0.2) is 6.10 Å². The summed E-state index contributed by atoms with van der Waals surface area (Å²) < 4.78 is 16.9. The molecule has 0 aliphatic rings. The van der Waals surface area contributed by atoms with Crippen molar-refractivity contribution in [1.82, 2.24) is 0 Å². The third-order valence-electron chi connectivity index (χ3n) is 14.1. The third-order valence-corrected chi connectivity index (χ3v) is 14.1. The number of hydrogen-bond acceptors (Lipinski definition) is 6. The normalized spacial score (nSPS) is 13.0. The molecule has 0 bridgehead atoms. The molecule has 0 spiro atoms. The van der Waals surface area contributed by atoms with E-state index in [0.717, 1.165) is 135 Å². The molecule has 0 N–H and O–H groups in total. The first kappa shape index (κ1) is 76.5. The summed E-state index contributed by atoms with van der Waals surface area (Å²) in [6.45, 7) is 6.41. The van der Waals surface area contributed by atoms with Gasteiger partial charge in [0.05, 0.1) is 0 Å². The molecule has 0 aromatic rings. The fourth-order valence-electron chi connectivity index (χ4n) is 9.14. The standard InChI is InChI=1S/C75H124O6/c1-4-7-10-13-16-19-22-25-28-31-32-33-34-35-36-37-38-39-40-41-42-45-47-50-53-56-59-62-65-68-74(77)80-71-72(81-75(78)69-66-63-60-57-54-51-48-44-30-27-24-21-18-15-12-9-6-3)70-79-73(76)67-64-61-58-55-52-49-46-43-29-26-23-20-17-14-11-8-5-2/h7,9-10,12,16,18-19,21,25-30,32-33,35-36,38-39,41-42,72H,4-6,8,11,13-15,17,20,22-24,31,34,37,40,43-71H2,1-3H3/b10-7-,12-9-,19-16-,21-18-,28-25-,29-26-,30-27-,33-32-,36-35-,39-38-,42-41-. The van der Waals surface area contributed by atoms with Gasteiger partial charge in [0, 0.05) is 19.3 Å². The Morgan fingerprint density at radius 2 is 0.481 bits per heavy atom. The van der Waals surface area contributed by atoms with Crippen molar-refractivity contribution < 1.29 is 28.6 Å². The van der Waals surface area contributed by atoms with Gasteiger partial charge >= 0.3 is 17.9 Å². The van der Waals surface area contributed by atoms with Gasteiger partial charge in [-0.05, 0) is 135 Å². The minimum absolute atomic E-state index is 0.0902. The van der Waals surface area contributed by atoms with E-state index in [-0.39, 0.29) is 31.1 Å². The van der Waals surface area contributed by atoms with Crippen LogP contribution < -0.4 is 0 Å². The number of unbranched alkanes of at least 4 members (excludes halogenated alkanes) is 27. The first-order chi connectivity index (χ1) is 40.0. The van der Waals surface area contributed by atoms with E-state index in [4.69, 9.17) is 14.2 Å². The molecule has 0 aromatic carbocycles. The van der Waals surface area contributed by atoms with Gasteiger partial charge in [-0.1, -0.05) is 283 Å². The van der Waals surface area contributed by atoms with Gasteiger partial charge in [0.1, 0.15) is 13.2 Å². The lowest BCUT2D eigenvalue weighted by Gasteiger charge is -2.18. The maximum Gasteiger partial charge on any atom is 0.306 e. The average molecular weight is 1120 g/mol. The number of carbonyl (C=O) groups excluding carboxylic acids is 3. The summed E-state index contributed by atoms with van der Waals surface area (Å²) in [5, 5.41) is 0. The molecule has 0 amide bonds. The minimum atomic E-state index is -0.796. The molecule has 6 nitrogen and oxygen atoms in total. The van der Waals surface area contributed by atoms with Crippen molar-refractivity contribution in [1.29, 1.82) is 0 Å². The predicted molar refractivity (Wildman–Crippen MR) is 353 cm³/mol. The van der Waals surface area contributed by atoms with Crippen LogP contribution in [0.2, 0.25) is 0 Å². The Morgan fingerprint density at radius 3 is 0.765 bits per heavy atom. The summed E-state index contributed by atoms with van der Waals surface area (Å²) in [6, 6.07) is 0. The van der Waals surface area contributed by atoms with Crippen molar-refractivity contribution in [3.63, 3.8) is 0 Å². The summed E-state index contributed by atoms with van der Waals surface area (Å²) in [5.41, 5.74) is 0. The lowest BCUT2D eigenvalue weighted by molar-refractivity contribution is -0.167. The molecule has 0 rings (SSSR count). The molecule has 0 saturated heterocycles. The highest BCUT2D eigenvalue weighted by Gasteiger charge is 2.19. The largest absolute Gasteiger partial charge is 0.462 e. The van der Waals surface area contributed by atoms with Crippen molar-refractivity contribution in [2.75, 3.05) is 13.2 Å². The fraction of sp³-hybridized carbons (Fsp3) is 0.667. The molecular weight excluding hydrogens is 997 g/mol. The van der Waals surface area contributed by atoms with Crippen LogP contribution in [0.4, 0.5) is 0 Å². The van der Waals surface area contributed by atoms with E-state index in [1.807, 2.05) is 0 Å². The zero-order valence-corrected chi connectivity index (χ0v) is 52.8. The van der Waals surface area contributed by atoms with Crippen LogP contribution in [0, 0.1) is 0 Å². The Bertz CT molecular complexity index is 1720. The first-order valence-electron chi connectivity index (χ1n) is 33.7. The summed E-state index contributed by atoms with van der Waals surface area (Å²) in [5.74, 6) is -0.910. The SMILES string of the molecule is CC/C=C\C/C=C\C/C=C\C/C=C\C/C=C\C/C=C\C/C=C\CCCCCCCCCC(=O)OCC(COC(=O)CCCCCCCCC/C=C\CCCCCCCC)OC(=O)CCCCCCCCC/C=C\C/C=C\C/C=C\CC. The lowest BCUT2D eigenvalue weighted by Crippen LogP contribution is -2.30. The van der Waals surface area contributed by atoms with Crippen molar-refractivity contribution in [2.45, 2.75) is 309 Å². The van der Waals surface area contributed by atoms with Crippen LogP contribution in [0.25, 0.3) is 0 Å². The quantitative estimate of drug-likeness (QED) is 0.0261. The summed E-state index contributed by atoms with van der Waals surface area (Å²) in [7, 11) is 0. The molecular formula is C75H124O6. The highest BCUT2D eigenvalue weighted by atomic mass is 16.6. The second kappa shape index (κ2) is 68.1. The summed E-state index contributed by atoms with van der Waals surface area (Å²) in [4.78, 5) is 38.4. The molecule has 1 atom stereocenters. The number of esters is 3. The Morgan fingerprint density at radius 1 is 0.259 bits per heavy atom. The van der Waals surface area contributed by atoms with E-state index < -0.39 is 6.10 Å². The number of hydrogen-bond donors (Lipinski definition) is 0. The lowest BCUT2D eigenvalue weighted by atomic mass is 10.1. The zero-order chi connectivity index (χ0) is 58.5. The third kappa shape index (κ3) is 66.2. The van der Waals surface area contributed by atoms with Gasteiger partial charge < -0.3 is 14.2 Å². The van der Waals surface area contributed by atoms with Gasteiger partial charge in [-0.25, -0.2) is 0 Å². The van der Waals surface area contributed by atoms with E-state index in [9.17, 15) is 14.4 Å². The van der Waals surface area contributed by atoms with Gasteiger partial charge in [-0.15, -0.1) is 0 Å². The van der Waals surface area contributed by atoms with Crippen LogP contribution >= 0.6 is 0 Å². The van der Waals surface area contributed by atoms with Crippen LogP contribution in [-0.4, -0.2) is 37.2 Å². The second-order valence-electron chi connectivity index (χ2n) is 22.0. The Kier molecular flexibility index (Phi) is 64.3. The average Bonchev–Trinajstić information content (AvgIpc) is 3.47. The van der Waals surface area contributed by atoms with Crippen LogP contribution in [-0.2, 0) is 28.6 Å². The number of allylic oxidation sites excluding steroid dienone is 22. The molecule has 0 saturated carbocycles. The van der Waals surface area contributed by atoms with Crippen molar-refractivity contribution in [3.8, 4) is 0 Å². The van der Waals surface area contributed by atoms with Gasteiger partial charge in [-0.2, -0.15) is 0 Å². The second-order valence-corrected chi connectivity index (χ2v) is 22.0. The molecule has 1 unspecified atom stereocenters. The molecule has 0 aliphatic heterocycles. The Hall–Kier alpha value is -4.45. The fourth-order valence-corrected chi connectivity index (χ4v) is 9.14. The molecule has 0 fully saturated rings. The monoisotopic (exact) mass is 1120 g/mol. The number of rotatable bonds is 60. The van der Waals surface area contributed by atoms with Crippen LogP contribution in [0.1, 0.15) is 303 Å². The number of carbonyl (C=O) groups is 3. The zero-order valence-electron chi connectivity index (χ0n) is 52.8. The van der Waals surface area contributed by atoms with Crippen molar-refractivity contribution >= 4 is 17.9 Å². The van der Waals surface area contributed by atoms with Crippen LogP contribution in [0.3, 0.4) is 0 Å². The van der Waals surface area contributed by atoms with E-state index in [2.05, 4.69) is 154 Å². The molecule has 6 heteroatoms. The Labute approximate surface area is 500 Å². The first-order valence-corrected chi connectivity index (χ1v) is 33.7. The van der Waals surface area contributed by atoms with Gasteiger partial charge in [-0.3, -0.25) is 14.4 Å². The van der Waals surface area contributed by atoms with E-state index in [1.165, 1.54) is 128 Å². The Balaban J connectivity index is 4.39. The predicted octanol–water partition coefficient (Wildman–Crippen LogP) is 23.3. The summed E-state index contributed by atoms with van der Waals surface area (Å²) in [6.07, 6.45) is 96.0. The number of ether oxygens (including phenoxy) is 3. The minimum Gasteiger partial charge on any atom is -0.462 e. The van der Waals surface area contributed by atoms with Crippen LogP contribution in [0.5, 0.6) is 0 Å². The molecule has 0 radical (unpaired) electrons. The van der Waals surface area contributed by atoms with E-state index in [1.54, 1.807) is 0 Å². The molecule has 0 aromatic heterocycles. The highest BCUT2D eigenvalue weighted by molar-refractivity contribution is 5.71. The van der Waals surface area contributed by atoms with Crippen molar-refractivity contribution in [2.24, 2.45) is 0 Å². The molecule has 81 heavy (non-hydrogen) atoms. The van der Waals surface area contributed by atoms with E-state index in [0.29, 0.717) is 19.3 Å². The molecule has 0 heterocycles. The maximum absolute atomic E-state index is 12.9. The molecule has 0 aliphatic carbocycles. The highest BCUT2D eigenvalue weighted by Crippen LogP contribution is 2.15. The maximum atomic E-state index is 12.9. The van der Waals surface area contributed by atoms with Gasteiger partial charge in [0.2, 0.25) is 0 Å². The summed E-state index contributed by atoms with van der Waals surface area (Å²) >= 11 is 0. The van der Waals surface area contributed by atoms with Crippen molar-refractivity contribution in [3.05, 3.63) is 134 Å². The van der Waals surface area contributed by atoms with Gasteiger partial charge in [0.25, 0.3) is 0 Å². The smallest absolute Gasteiger partial charge is 0.306 e. The van der Waals surface area contributed by atoms with Crippen LogP contribution in [0.15, 0.2) is 134 Å². The van der Waals surface area contributed by atoms with E-state index >= 15 is 0 Å². The topological polar surface area (TPSA) is 78.9 Å².